The molecule has 2 heterocycles. The quantitative estimate of drug-likeness (QED) is 0.493. The maximum atomic E-state index is 15.0. The van der Waals surface area contributed by atoms with E-state index in [2.05, 4.69) is 21.8 Å². The Morgan fingerprint density at radius 2 is 1.79 bits per heavy atom. The molecule has 0 aliphatic carbocycles. The number of halogens is 2. The monoisotopic (exact) mass is 473 g/mol. The Morgan fingerprint density at radius 1 is 1.12 bits per heavy atom. The van der Waals surface area contributed by atoms with Crippen molar-refractivity contribution in [3.8, 4) is 23.0 Å². The number of hydrogen-bond acceptors (Lipinski definition) is 6. The molecule has 0 bridgehead atoms. The zero-order valence-electron chi connectivity index (χ0n) is 18.3. The van der Waals surface area contributed by atoms with Crippen LogP contribution in [-0.4, -0.2) is 59.3 Å². The fraction of sp³-hybridized carbons (Fsp3) is 0.333. The summed E-state index contributed by atoms with van der Waals surface area (Å²) in [6.07, 6.45) is 1.49. The summed E-state index contributed by atoms with van der Waals surface area (Å²) in [5.74, 6) is 4.53. The van der Waals surface area contributed by atoms with Crippen LogP contribution in [-0.2, 0) is 6.54 Å². The van der Waals surface area contributed by atoms with Crippen molar-refractivity contribution in [2.45, 2.75) is 26.0 Å². The van der Waals surface area contributed by atoms with Gasteiger partial charge in [-0.05, 0) is 43.5 Å². The third-order valence-corrected chi connectivity index (χ3v) is 7.04. The van der Waals surface area contributed by atoms with E-state index in [1.807, 2.05) is 4.90 Å². The fourth-order valence-electron chi connectivity index (χ4n) is 3.60. The van der Waals surface area contributed by atoms with Gasteiger partial charge in [0.2, 0.25) is 0 Å². The lowest BCUT2D eigenvalue weighted by molar-refractivity contribution is 0.143. The van der Waals surface area contributed by atoms with Gasteiger partial charge >= 0.3 is 0 Å². The van der Waals surface area contributed by atoms with Crippen LogP contribution in [0.4, 0.5) is 8.78 Å². The highest BCUT2D eigenvalue weighted by molar-refractivity contribution is 8.24. The van der Waals surface area contributed by atoms with E-state index in [1.165, 1.54) is 18.3 Å². The number of nitrogens with zero attached hydrogens (tertiary/aromatic N) is 3. The van der Waals surface area contributed by atoms with Crippen LogP contribution >= 0.6 is 10.6 Å². The smallest absolute Gasteiger partial charge is 0.132 e. The first-order chi connectivity index (χ1) is 15.5. The molecule has 6 nitrogen and oxygen atoms in total. The molecule has 0 unspecified atom stereocenters. The zero-order chi connectivity index (χ0) is 23.8. The number of aliphatic hydroxyl groups is 1. The van der Waals surface area contributed by atoms with Crippen molar-refractivity contribution in [2.24, 2.45) is 0 Å². The molecule has 1 aliphatic rings. The topological polar surface area (TPSA) is 89.7 Å². The number of hydrogen-bond donors (Lipinski definition) is 3. The molecule has 3 aromatic rings. The average molecular weight is 474 g/mol. The molecule has 1 fully saturated rings. The van der Waals surface area contributed by atoms with Crippen LogP contribution in [0.5, 0.6) is 0 Å². The van der Waals surface area contributed by atoms with Crippen LogP contribution in [0, 0.1) is 23.5 Å². The molecule has 2 aromatic carbocycles. The predicted octanol–water partition coefficient (Wildman–Crippen LogP) is 4.26. The van der Waals surface area contributed by atoms with Gasteiger partial charge in [-0.2, -0.15) is 10.6 Å². The minimum Gasteiger partial charge on any atom is -0.378 e. The Labute approximate surface area is 192 Å². The molecule has 0 spiro atoms. The largest absolute Gasteiger partial charge is 0.378 e. The molecular weight excluding hydrogens is 448 g/mol. The fourth-order valence-corrected chi connectivity index (χ4v) is 4.90. The van der Waals surface area contributed by atoms with Crippen molar-refractivity contribution < 1.29 is 23.0 Å². The molecule has 33 heavy (non-hydrogen) atoms. The van der Waals surface area contributed by atoms with E-state index < -0.39 is 27.8 Å². The summed E-state index contributed by atoms with van der Waals surface area (Å²) < 4.78 is 49.5. The van der Waals surface area contributed by atoms with Gasteiger partial charge in [0, 0.05) is 30.8 Å². The second-order valence-electron chi connectivity index (χ2n) is 8.64. The van der Waals surface area contributed by atoms with Gasteiger partial charge in [0.15, 0.2) is 0 Å². The Kier molecular flexibility index (Phi) is 6.40. The molecule has 0 radical (unpaired) electrons. The number of aromatic nitrogens is 2. The number of para-hydroxylation sites is 1. The highest BCUT2D eigenvalue weighted by Gasteiger charge is 2.24. The van der Waals surface area contributed by atoms with E-state index in [9.17, 15) is 23.0 Å². The Hall–Kier alpha value is -2.61. The van der Waals surface area contributed by atoms with E-state index in [0.717, 1.165) is 0 Å². The van der Waals surface area contributed by atoms with Crippen LogP contribution in [0.2, 0.25) is 0 Å². The zero-order valence-corrected chi connectivity index (χ0v) is 19.2. The van der Waals surface area contributed by atoms with Gasteiger partial charge in [0.05, 0.1) is 28.7 Å². The Balaban J connectivity index is 1.67. The van der Waals surface area contributed by atoms with Gasteiger partial charge in [-0.1, -0.05) is 18.1 Å². The highest BCUT2D eigenvalue weighted by Crippen LogP contribution is 2.40. The van der Waals surface area contributed by atoms with Gasteiger partial charge in [-0.25, -0.2) is 13.8 Å². The molecule has 0 atom stereocenters. The van der Waals surface area contributed by atoms with Gasteiger partial charge in [-0.3, -0.25) is 19.0 Å². The lowest BCUT2D eigenvalue weighted by Gasteiger charge is -2.41. The summed E-state index contributed by atoms with van der Waals surface area (Å²) in [5, 5.41) is 9.82. The first-order valence-electron chi connectivity index (χ1n) is 10.5. The van der Waals surface area contributed by atoms with E-state index in [-0.39, 0.29) is 23.6 Å². The maximum absolute atomic E-state index is 15.0. The molecule has 1 aromatic heterocycles. The minimum absolute atomic E-state index is 0.0551. The van der Waals surface area contributed by atoms with Gasteiger partial charge in [0.25, 0.3) is 0 Å². The number of fused-ring (bicyclic) bond motifs is 1. The van der Waals surface area contributed by atoms with E-state index in [1.54, 1.807) is 32.0 Å². The lowest BCUT2D eigenvalue weighted by Crippen LogP contribution is -2.38. The maximum Gasteiger partial charge on any atom is 0.132 e. The van der Waals surface area contributed by atoms with Crippen molar-refractivity contribution >= 4 is 21.6 Å². The van der Waals surface area contributed by atoms with Crippen molar-refractivity contribution in [1.29, 1.82) is 0 Å². The molecular formula is C24H25F2N3O3S. The van der Waals surface area contributed by atoms with Crippen LogP contribution in [0.25, 0.3) is 22.2 Å². The summed E-state index contributed by atoms with van der Waals surface area (Å²) in [7, 11) is -2.57. The van der Waals surface area contributed by atoms with Crippen molar-refractivity contribution in [2.75, 3.05) is 24.6 Å². The van der Waals surface area contributed by atoms with Crippen molar-refractivity contribution in [3.05, 3.63) is 59.4 Å². The Morgan fingerprint density at radius 3 is 2.42 bits per heavy atom. The van der Waals surface area contributed by atoms with Crippen molar-refractivity contribution in [3.63, 3.8) is 0 Å². The lowest BCUT2D eigenvalue weighted by atomic mass is 10.0. The Bertz CT molecular complexity index is 1230. The molecule has 0 saturated carbocycles. The van der Waals surface area contributed by atoms with Gasteiger partial charge in [-0.15, -0.1) is 0 Å². The summed E-state index contributed by atoms with van der Waals surface area (Å²) in [5.41, 5.74) is 0.943. The van der Waals surface area contributed by atoms with Crippen LogP contribution in [0.3, 0.4) is 0 Å². The molecule has 0 amide bonds. The van der Waals surface area contributed by atoms with Crippen LogP contribution in [0.15, 0.2) is 36.5 Å². The second kappa shape index (κ2) is 8.97. The van der Waals surface area contributed by atoms with Crippen LogP contribution < -0.4 is 0 Å². The van der Waals surface area contributed by atoms with E-state index in [4.69, 9.17) is 0 Å². The summed E-state index contributed by atoms with van der Waals surface area (Å²) in [6, 6.07) is 7.77. The minimum atomic E-state index is -2.57. The summed E-state index contributed by atoms with van der Waals surface area (Å²) in [4.78, 5) is 10.7. The van der Waals surface area contributed by atoms with Crippen LogP contribution in [0.1, 0.15) is 25.1 Å². The third kappa shape index (κ3) is 5.66. The van der Waals surface area contributed by atoms with Gasteiger partial charge in [0.1, 0.15) is 22.9 Å². The van der Waals surface area contributed by atoms with Crippen molar-refractivity contribution in [1.82, 2.24) is 14.9 Å². The highest BCUT2D eigenvalue weighted by atomic mass is 32.3. The third-order valence-electron chi connectivity index (χ3n) is 5.37. The number of rotatable bonds is 3. The molecule has 174 valence electrons. The first kappa shape index (κ1) is 23.5. The van der Waals surface area contributed by atoms with E-state index >= 15 is 0 Å². The molecule has 1 saturated heterocycles. The summed E-state index contributed by atoms with van der Waals surface area (Å²) in [6.45, 7) is 3.91. The standard InChI is InChI=1S/C24H25F2N3O3S/c1-24(2,30)7-6-17-14-27-22-5-3-4-18(23(22)28-17)16-12-20(25)19(21(26)13-16)15-29-8-10-33(31,32)11-9-29/h3-5,12-14,30-32H,8-11,15H2,1-2H3. The normalized spacial score (nSPS) is 17.4. The number of benzene rings is 2. The average Bonchev–Trinajstić information content (AvgIpc) is 2.74. The van der Waals surface area contributed by atoms with Gasteiger partial charge < -0.3 is 5.11 Å². The second-order valence-corrected chi connectivity index (χ2v) is 11.1. The molecule has 4 rings (SSSR count). The van der Waals surface area contributed by atoms with E-state index in [0.29, 0.717) is 40.9 Å². The predicted molar refractivity (Wildman–Crippen MR) is 126 cm³/mol. The molecule has 9 heteroatoms. The molecule has 3 N–H and O–H groups in total. The summed E-state index contributed by atoms with van der Waals surface area (Å²) >= 11 is 0. The first-order valence-corrected chi connectivity index (χ1v) is 12.3. The SMILES string of the molecule is CC(C)(O)C#Cc1cnc2cccc(-c3cc(F)c(CN4CCS(O)(O)CC4)c(F)c3)c2n1. The molecule has 1 aliphatic heterocycles.